The van der Waals surface area contributed by atoms with E-state index in [1.54, 1.807) is 0 Å². The van der Waals surface area contributed by atoms with Gasteiger partial charge in [0.15, 0.2) is 0 Å². The van der Waals surface area contributed by atoms with Crippen molar-refractivity contribution in [1.82, 2.24) is 9.80 Å². The maximum Gasteiger partial charge on any atom is 0.311 e. The van der Waals surface area contributed by atoms with Crippen molar-refractivity contribution < 1.29 is 9.53 Å². The molecule has 2 heterocycles. The second-order valence-electron chi connectivity index (χ2n) is 5.32. The Balaban J connectivity index is 1.74. The molecule has 2 saturated heterocycles. The highest BCUT2D eigenvalue weighted by Gasteiger charge is 2.45. The summed E-state index contributed by atoms with van der Waals surface area (Å²) in [7, 11) is 1.49. The number of carbonyl (C=O) groups is 1. The zero-order valence-electron chi connectivity index (χ0n) is 11.3. The van der Waals surface area contributed by atoms with Gasteiger partial charge in [-0.25, -0.2) is 0 Å². The number of carbonyl (C=O) groups excluding carboxylic acids is 1. The highest BCUT2D eigenvalue weighted by atomic mass is 16.5. The van der Waals surface area contributed by atoms with Crippen molar-refractivity contribution in [3.8, 4) is 0 Å². The van der Waals surface area contributed by atoms with E-state index in [2.05, 4.69) is 34.1 Å². The summed E-state index contributed by atoms with van der Waals surface area (Å²) >= 11 is 0. The molecule has 0 radical (unpaired) electrons. The number of benzene rings is 1. The van der Waals surface area contributed by atoms with Crippen molar-refractivity contribution in [2.45, 2.75) is 19.1 Å². The topological polar surface area (TPSA) is 32.8 Å². The van der Waals surface area contributed by atoms with Crippen molar-refractivity contribution >= 4 is 5.97 Å². The number of esters is 1. The summed E-state index contributed by atoms with van der Waals surface area (Å²) in [5, 5.41) is 0. The number of ether oxygens (including phenoxy) is 1. The summed E-state index contributed by atoms with van der Waals surface area (Å²) in [5.41, 5.74) is 1.31. The molecule has 2 fully saturated rings. The Kier molecular flexibility index (Phi) is 3.53. The lowest BCUT2D eigenvalue weighted by atomic mass is 10.1. The van der Waals surface area contributed by atoms with E-state index in [4.69, 9.17) is 4.74 Å². The van der Waals surface area contributed by atoms with Gasteiger partial charge in [0.1, 0.15) is 0 Å². The normalized spacial score (nSPS) is 27.4. The van der Waals surface area contributed by atoms with Gasteiger partial charge in [-0.3, -0.25) is 14.6 Å². The Labute approximate surface area is 113 Å². The van der Waals surface area contributed by atoms with Gasteiger partial charge < -0.3 is 4.74 Å². The second-order valence-corrected chi connectivity index (χ2v) is 5.32. The van der Waals surface area contributed by atoms with Crippen LogP contribution in [0.4, 0.5) is 0 Å². The van der Waals surface area contributed by atoms with Gasteiger partial charge >= 0.3 is 5.97 Å². The molecule has 0 unspecified atom stereocenters. The summed E-state index contributed by atoms with van der Waals surface area (Å²) < 4.78 is 4.95. The molecule has 102 valence electrons. The summed E-state index contributed by atoms with van der Waals surface area (Å²) in [5.74, 6) is -0.0522. The number of methoxy groups -OCH3 is 1. The Morgan fingerprint density at radius 2 is 2.05 bits per heavy atom. The predicted molar refractivity (Wildman–Crippen MR) is 72.3 cm³/mol. The van der Waals surface area contributed by atoms with Crippen molar-refractivity contribution in [3.63, 3.8) is 0 Å². The molecular weight excluding hydrogens is 240 g/mol. The van der Waals surface area contributed by atoms with Crippen molar-refractivity contribution in [1.29, 1.82) is 0 Å². The highest BCUT2D eigenvalue weighted by molar-refractivity contribution is 5.73. The number of hydrogen-bond donors (Lipinski definition) is 0. The maximum atomic E-state index is 11.9. The standard InChI is InChI=1S/C15H20N2O2/c1-19-15(18)13-7-8-16-9-10-17(14(13)16)11-12-5-3-2-4-6-12/h2-6,13-14H,7-11H2,1H3/t13-,14-/m1/s1. The summed E-state index contributed by atoms with van der Waals surface area (Å²) in [6.45, 7) is 4.02. The van der Waals surface area contributed by atoms with Crippen molar-refractivity contribution in [2.24, 2.45) is 5.92 Å². The van der Waals surface area contributed by atoms with Gasteiger partial charge in [0.2, 0.25) is 0 Å². The number of hydrogen-bond acceptors (Lipinski definition) is 4. The zero-order valence-corrected chi connectivity index (χ0v) is 11.3. The van der Waals surface area contributed by atoms with Crippen LogP contribution in [0.1, 0.15) is 12.0 Å². The molecule has 2 aliphatic heterocycles. The van der Waals surface area contributed by atoms with E-state index < -0.39 is 0 Å². The molecule has 0 saturated carbocycles. The minimum absolute atomic E-state index is 0.0104. The van der Waals surface area contributed by atoms with E-state index in [-0.39, 0.29) is 18.1 Å². The van der Waals surface area contributed by atoms with Gasteiger partial charge in [-0.05, 0) is 12.0 Å². The first-order chi connectivity index (χ1) is 9.29. The fourth-order valence-electron chi connectivity index (χ4n) is 3.34. The molecule has 0 bridgehead atoms. The third-order valence-corrected chi connectivity index (χ3v) is 4.24. The summed E-state index contributed by atoms with van der Waals surface area (Å²) in [4.78, 5) is 16.7. The van der Waals surface area contributed by atoms with E-state index in [0.29, 0.717) is 0 Å². The van der Waals surface area contributed by atoms with Gasteiger partial charge in [0.05, 0.1) is 19.2 Å². The molecule has 19 heavy (non-hydrogen) atoms. The van der Waals surface area contributed by atoms with Gasteiger partial charge in [-0.1, -0.05) is 30.3 Å². The largest absolute Gasteiger partial charge is 0.469 e. The molecule has 4 heteroatoms. The molecule has 4 nitrogen and oxygen atoms in total. The monoisotopic (exact) mass is 260 g/mol. The Morgan fingerprint density at radius 3 is 2.79 bits per heavy atom. The van der Waals surface area contributed by atoms with Gasteiger partial charge in [-0.15, -0.1) is 0 Å². The zero-order chi connectivity index (χ0) is 13.2. The van der Waals surface area contributed by atoms with Crippen LogP contribution in [0.5, 0.6) is 0 Å². The third-order valence-electron chi connectivity index (χ3n) is 4.24. The van der Waals surface area contributed by atoms with Crippen LogP contribution in [0, 0.1) is 5.92 Å². The number of rotatable bonds is 3. The molecule has 0 amide bonds. The minimum Gasteiger partial charge on any atom is -0.469 e. The van der Waals surface area contributed by atoms with Crippen molar-refractivity contribution in [3.05, 3.63) is 35.9 Å². The average molecular weight is 260 g/mol. The lowest BCUT2D eigenvalue weighted by molar-refractivity contribution is -0.147. The lowest BCUT2D eigenvalue weighted by Gasteiger charge is -2.28. The molecule has 2 atom stereocenters. The lowest BCUT2D eigenvalue weighted by Crippen LogP contribution is -2.41. The van der Waals surface area contributed by atoms with Gasteiger partial charge in [-0.2, -0.15) is 0 Å². The van der Waals surface area contributed by atoms with Gasteiger partial charge in [0.25, 0.3) is 0 Å². The van der Waals surface area contributed by atoms with Crippen LogP contribution in [-0.2, 0) is 16.1 Å². The quantitative estimate of drug-likeness (QED) is 0.768. The molecule has 2 aliphatic rings. The fraction of sp³-hybridized carbons (Fsp3) is 0.533. The first kappa shape index (κ1) is 12.6. The fourth-order valence-corrected chi connectivity index (χ4v) is 3.34. The van der Waals surface area contributed by atoms with E-state index in [9.17, 15) is 4.79 Å². The van der Waals surface area contributed by atoms with Crippen LogP contribution in [0.15, 0.2) is 30.3 Å². The Bertz CT molecular complexity index is 449. The van der Waals surface area contributed by atoms with Crippen LogP contribution >= 0.6 is 0 Å². The van der Waals surface area contributed by atoms with Crippen LogP contribution in [0.2, 0.25) is 0 Å². The summed E-state index contributed by atoms with van der Waals surface area (Å²) in [6.07, 6.45) is 1.15. The highest BCUT2D eigenvalue weighted by Crippen LogP contribution is 2.32. The molecule has 0 aliphatic carbocycles. The Morgan fingerprint density at radius 1 is 1.26 bits per heavy atom. The van der Waals surface area contributed by atoms with E-state index >= 15 is 0 Å². The maximum absolute atomic E-state index is 11.9. The molecular formula is C15H20N2O2. The van der Waals surface area contributed by atoms with Crippen LogP contribution in [-0.4, -0.2) is 48.7 Å². The van der Waals surface area contributed by atoms with E-state index in [1.165, 1.54) is 12.7 Å². The van der Waals surface area contributed by atoms with Crippen LogP contribution in [0.25, 0.3) is 0 Å². The number of fused-ring (bicyclic) bond motifs is 1. The second kappa shape index (κ2) is 5.31. The van der Waals surface area contributed by atoms with E-state index in [0.717, 1.165) is 32.6 Å². The number of nitrogens with zero attached hydrogens (tertiary/aromatic N) is 2. The minimum atomic E-state index is -0.0625. The molecule has 0 spiro atoms. The Hall–Kier alpha value is -1.39. The summed E-state index contributed by atoms with van der Waals surface area (Å²) in [6, 6.07) is 10.5. The molecule has 0 aromatic heterocycles. The predicted octanol–water partition coefficient (Wildman–Crippen LogP) is 1.32. The average Bonchev–Trinajstić information content (AvgIpc) is 3.02. The SMILES string of the molecule is COC(=O)[C@@H]1CCN2CCN(Cc3ccccc3)[C@H]12. The van der Waals surface area contributed by atoms with E-state index in [1.807, 2.05) is 6.07 Å². The molecule has 3 rings (SSSR count). The first-order valence-electron chi connectivity index (χ1n) is 6.89. The van der Waals surface area contributed by atoms with Crippen molar-refractivity contribution in [2.75, 3.05) is 26.7 Å². The first-order valence-corrected chi connectivity index (χ1v) is 6.89. The van der Waals surface area contributed by atoms with Crippen LogP contribution < -0.4 is 0 Å². The van der Waals surface area contributed by atoms with Gasteiger partial charge in [0, 0.05) is 26.2 Å². The molecule has 1 aromatic carbocycles. The van der Waals surface area contributed by atoms with Crippen LogP contribution in [0.3, 0.4) is 0 Å². The smallest absolute Gasteiger partial charge is 0.311 e. The molecule has 0 N–H and O–H groups in total. The third kappa shape index (κ3) is 2.38. The molecule has 1 aromatic rings.